The summed E-state index contributed by atoms with van der Waals surface area (Å²) in [5.41, 5.74) is 2.12. The molecular formula is C17H18Cl2N2O. The molecule has 116 valence electrons. The van der Waals surface area contributed by atoms with Gasteiger partial charge >= 0.3 is 0 Å². The van der Waals surface area contributed by atoms with Crippen LogP contribution in [0, 0.1) is 0 Å². The number of rotatable bonds is 2. The van der Waals surface area contributed by atoms with E-state index in [4.69, 9.17) is 23.2 Å². The number of nitrogens with zero attached hydrogens (tertiary/aromatic N) is 2. The highest BCUT2D eigenvalue weighted by Crippen LogP contribution is 2.43. The molecule has 0 bridgehead atoms. The van der Waals surface area contributed by atoms with Crippen molar-refractivity contribution < 1.29 is 5.11 Å². The van der Waals surface area contributed by atoms with Crippen LogP contribution in [0.4, 0.5) is 0 Å². The number of imidazole rings is 1. The summed E-state index contributed by atoms with van der Waals surface area (Å²) in [6, 6.07) is 3.27. The van der Waals surface area contributed by atoms with Gasteiger partial charge in [-0.15, -0.1) is 0 Å². The number of fused-ring (bicyclic) bond motifs is 1. The third-order valence-corrected chi connectivity index (χ3v) is 5.91. The van der Waals surface area contributed by atoms with E-state index in [0.29, 0.717) is 16.0 Å². The van der Waals surface area contributed by atoms with E-state index in [1.807, 2.05) is 6.20 Å². The summed E-state index contributed by atoms with van der Waals surface area (Å²) in [5.74, 6) is 2.12. The van der Waals surface area contributed by atoms with E-state index in [1.165, 1.54) is 31.4 Å². The van der Waals surface area contributed by atoms with Gasteiger partial charge in [0.15, 0.2) is 0 Å². The van der Waals surface area contributed by atoms with Gasteiger partial charge in [-0.1, -0.05) is 36.0 Å². The molecule has 1 aliphatic heterocycles. The number of hydrogen-bond donors (Lipinski definition) is 1. The maximum atomic E-state index is 10.2. The van der Waals surface area contributed by atoms with Gasteiger partial charge in [0.25, 0.3) is 0 Å². The molecule has 2 aromatic rings. The fourth-order valence-corrected chi connectivity index (χ4v) is 4.47. The van der Waals surface area contributed by atoms with Crippen molar-refractivity contribution in [3.63, 3.8) is 0 Å². The Morgan fingerprint density at radius 3 is 2.68 bits per heavy atom. The topological polar surface area (TPSA) is 38.1 Å². The van der Waals surface area contributed by atoms with Gasteiger partial charge in [0.05, 0.1) is 10.0 Å². The number of phenols is 1. The van der Waals surface area contributed by atoms with E-state index in [2.05, 4.69) is 9.55 Å². The quantitative estimate of drug-likeness (QED) is 0.847. The molecule has 1 atom stereocenters. The van der Waals surface area contributed by atoms with Gasteiger partial charge in [-0.25, -0.2) is 4.98 Å². The third kappa shape index (κ3) is 2.22. The zero-order valence-electron chi connectivity index (χ0n) is 12.2. The molecule has 0 radical (unpaired) electrons. The molecule has 1 fully saturated rings. The van der Waals surface area contributed by atoms with Gasteiger partial charge in [-0.2, -0.15) is 0 Å². The zero-order chi connectivity index (χ0) is 15.3. The molecule has 0 unspecified atom stereocenters. The summed E-state index contributed by atoms with van der Waals surface area (Å²) in [7, 11) is 0. The van der Waals surface area contributed by atoms with Crippen molar-refractivity contribution in [2.24, 2.45) is 0 Å². The molecule has 5 heteroatoms. The first kappa shape index (κ1) is 14.4. The van der Waals surface area contributed by atoms with Crippen LogP contribution in [0.15, 0.2) is 18.3 Å². The van der Waals surface area contributed by atoms with Crippen molar-refractivity contribution in [1.82, 2.24) is 9.55 Å². The second kappa shape index (κ2) is 5.47. The average Bonchev–Trinajstić information content (AvgIpc) is 3.18. The van der Waals surface area contributed by atoms with Gasteiger partial charge in [0, 0.05) is 42.3 Å². The standard InChI is InChI=1S/C17H18Cl2N2O/c18-12-5-6-14(22)16(17(12)19)11-7-15-20-8-13(21(15)9-11)10-3-1-2-4-10/h5-6,8,10-11,22H,1-4,7,9H2/t11-/m1/s1. The number of aromatic nitrogens is 2. The van der Waals surface area contributed by atoms with E-state index >= 15 is 0 Å². The lowest BCUT2D eigenvalue weighted by molar-refractivity contribution is 0.458. The molecule has 0 spiro atoms. The summed E-state index contributed by atoms with van der Waals surface area (Å²) in [6.07, 6.45) is 8.00. The van der Waals surface area contributed by atoms with Crippen LogP contribution in [-0.4, -0.2) is 14.7 Å². The largest absolute Gasteiger partial charge is 0.508 e. The monoisotopic (exact) mass is 336 g/mol. The second-order valence-electron chi connectivity index (χ2n) is 6.39. The highest BCUT2D eigenvalue weighted by molar-refractivity contribution is 6.42. The molecule has 1 aromatic carbocycles. The van der Waals surface area contributed by atoms with Crippen molar-refractivity contribution >= 4 is 23.2 Å². The Morgan fingerprint density at radius 1 is 1.14 bits per heavy atom. The number of aromatic hydroxyl groups is 1. The molecule has 1 aliphatic carbocycles. The zero-order valence-corrected chi connectivity index (χ0v) is 13.7. The van der Waals surface area contributed by atoms with Crippen molar-refractivity contribution in [2.45, 2.75) is 50.5 Å². The lowest BCUT2D eigenvalue weighted by atomic mass is 9.96. The molecule has 2 aliphatic rings. The Kier molecular flexibility index (Phi) is 3.58. The van der Waals surface area contributed by atoms with Crippen molar-refractivity contribution in [3.05, 3.63) is 45.5 Å². The smallest absolute Gasteiger partial charge is 0.120 e. The first-order valence-electron chi connectivity index (χ1n) is 7.86. The normalized spacial score (nSPS) is 21.5. The fourth-order valence-electron chi connectivity index (χ4n) is 3.99. The van der Waals surface area contributed by atoms with E-state index in [9.17, 15) is 5.11 Å². The van der Waals surface area contributed by atoms with Crippen LogP contribution in [-0.2, 0) is 13.0 Å². The van der Waals surface area contributed by atoms with Crippen LogP contribution in [0.3, 0.4) is 0 Å². The molecule has 1 N–H and O–H groups in total. The van der Waals surface area contributed by atoms with Crippen molar-refractivity contribution in [3.8, 4) is 5.75 Å². The van der Waals surface area contributed by atoms with E-state index in [1.54, 1.807) is 12.1 Å². The van der Waals surface area contributed by atoms with Gasteiger partial charge < -0.3 is 9.67 Å². The van der Waals surface area contributed by atoms with Crippen LogP contribution in [0.25, 0.3) is 0 Å². The Morgan fingerprint density at radius 2 is 1.91 bits per heavy atom. The lowest BCUT2D eigenvalue weighted by Crippen LogP contribution is -2.07. The van der Waals surface area contributed by atoms with Crippen LogP contribution >= 0.6 is 23.2 Å². The number of phenolic OH excluding ortho intramolecular Hbond substituents is 1. The average molecular weight is 337 g/mol. The predicted molar refractivity (Wildman–Crippen MR) is 88.0 cm³/mol. The summed E-state index contributed by atoms with van der Waals surface area (Å²) in [4.78, 5) is 4.60. The molecular weight excluding hydrogens is 319 g/mol. The van der Waals surface area contributed by atoms with E-state index in [0.717, 1.165) is 24.4 Å². The lowest BCUT2D eigenvalue weighted by Gasteiger charge is -2.16. The predicted octanol–water partition coefficient (Wildman–Crippen LogP) is 4.89. The van der Waals surface area contributed by atoms with Crippen LogP contribution in [0.2, 0.25) is 10.0 Å². The van der Waals surface area contributed by atoms with Crippen LogP contribution in [0.1, 0.15) is 54.6 Å². The Labute approximate surface area is 139 Å². The number of halogens is 2. The van der Waals surface area contributed by atoms with Gasteiger partial charge in [-0.3, -0.25) is 0 Å². The Hall–Kier alpha value is -1.19. The summed E-state index contributed by atoms with van der Waals surface area (Å²) < 4.78 is 2.33. The molecule has 22 heavy (non-hydrogen) atoms. The minimum Gasteiger partial charge on any atom is -0.508 e. The molecule has 4 rings (SSSR count). The third-order valence-electron chi connectivity index (χ3n) is 5.09. The van der Waals surface area contributed by atoms with Gasteiger partial charge in [0.1, 0.15) is 11.6 Å². The highest BCUT2D eigenvalue weighted by Gasteiger charge is 2.32. The summed E-state index contributed by atoms with van der Waals surface area (Å²) in [6.45, 7) is 0.828. The van der Waals surface area contributed by atoms with Crippen molar-refractivity contribution in [2.75, 3.05) is 0 Å². The van der Waals surface area contributed by atoms with Crippen LogP contribution < -0.4 is 0 Å². The number of hydrogen-bond acceptors (Lipinski definition) is 2. The SMILES string of the molecule is Oc1ccc(Cl)c(Cl)c1[C@@H]1Cc2ncc(C3CCCC3)n2C1. The second-order valence-corrected chi connectivity index (χ2v) is 7.17. The van der Waals surface area contributed by atoms with Crippen molar-refractivity contribution in [1.29, 1.82) is 0 Å². The molecule has 0 amide bonds. The Bertz CT molecular complexity index is 720. The highest BCUT2D eigenvalue weighted by atomic mass is 35.5. The molecule has 1 aromatic heterocycles. The maximum Gasteiger partial charge on any atom is 0.120 e. The molecule has 3 nitrogen and oxygen atoms in total. The van der Waals surface area contributed by atoms with Gasteiger partial charge in [-0.05, 0) is 25.0 Å². The molecule has 2 heterocycles. The fraction of sp³-hybridized carbons (Fsp3) is 0.471. The van der Waals surface area contributed by atoms with E-state index < -0.39 is 0 Å². The minimum absolute atomic E-state index is 0.148. The van der Waals surface area contributed by atoms with Crippen LogP contribution in [0.5, 0.6) is 5.75 Å². The summed E-state index contributed by atoms with van der Waals surface area (Å²) >= 11 is 12.5. The maximum absolute atomic E-state index is 10.2. The molecule has 0 saturated heterocycles. The summed E-state index contributed by atoms with van der Waals surface area (Å²) in [5, 5.41) is 11.2. The van der Waals surface area contributed by atoms with Gasteiger partial charge in [0.2, 0.25) is 0 Å². The number of benzene rings is 1. The first-order valence-corrected chi connectivity index (χ1v) is 8.62. The first-order chi connectivity index (χ1) is 10.6. The van der Waals surface area contributed by atoms with E-state index in [-0.39, 0.29) is 11.7 Å². The minimum atomic E-state index is 0.148. The molecule has 1 saturated carbocycles. The Balaban J connectivity index is 1.67.